The van der Waals surface area contributed by atoms with Gasteiger partial charge in [-0.3, -0.25) is 4.79 Å². The van der Waals surface area contributed by atoms with E-state index < -0.39 is 0 Å². The Hall–Kier alpha value is -1.03. The molecule has 1 rings (SSSR count). The summed E-state index contributed by atoms with van der Waals surface area (Å²) in [6.45, 7) is 2.21. The van der Waals surface area contributed by atoms with Crippen LogP contribution in [0, 0.1) is 0 Å². The number of methoxy groups -OCH3 is 1. The van der Waals surface area contributed by atoms with Gasteiger partial charge in [0, 0.05) is 5.33 Å². The molecular weight excluding hydrogens is 272 g/mol. The van der Waals surface area contributed by atoms with Crippen molar-refractivity contribution >= 4 is 21.9 Å². The van der Waals surface area contributed by atoms with Crippen molar-refractivity contribution in [3.8, 4) is 5.75 Å². The fourth-order valence-electron chi connectivity index (χ4n) is 1.39. The summed E-state index contributed by atoms with van der Waals surface area (Å²) in [4.78, 5) is 11.4. The lowest BCUT2D eigenvalue weighted by molar-refractivity contribution is -0.142. The SMILES string of the molecule is CCOC(=O)Cc1cc(OC)ccc1CBr. The molecule has 1 aromatic carbocycles. The maximum absolute atomic E-state index is 11.4. The highest BCUT2D eigenvalue weighted by atomic mass is 79.9. The lowest BCUT2D eigenvalue weighted by atomic mass is 10.1. The van der Waals surface area contributed by atoms with Crippen LogP contribution in [-0.2, 0) is 21.3 Å². The lowest BCUT2D eigenvalue weighted by Gasteiger charge is -2.09. The van der Waals surface area contributed by atoms with Gasteiger partial charge in [-0.2, -0.15) is 0 Å². The number of rotatable bonds is 5. The van der Waals surface area contributed by atoms with E-state index in [9.17, 15) is 4.79 Å². The molecule has 4 heteroatoms. The van der Waals surface area contributed by atoms with Crippen molar-refractivity contribution in [2.24, 2.45) is 0 Å². The minimum Gasteiger partial charge on any atom is -0.497 e. The van der Waals surface area contributed by atoms with Crippen molar-refractivity contribution in [3.05, 3.63) is 29.3 Å². The molecule has 16 heavy (non-hydrogen) atoms. The van der Waals surface area contributed by atoms with E-state index in [1.165, 1.54) is 0 Å². The number of ether oxygens (including phenoxy) is 2. The summed E-state index contributed by atoms with van der Waals surface area (Å²) in [5, 5.41) is 0.714. The van der Waals surface area contributed by atoms with Crippen LogP contribution in [0.2, 0.25) is 0 Å². The first-order valence-electron chi connectivity index (χ1n) is 5.08. The Morgan fingerprint density at radius 1 is 1.38 bits per heavy atom. The van der Waals surface area contributed by atoms with E-state index in [1.807, 2.05) is 18.2 Å². The summed E-state index contributed by atoms with van der Waals surface area (Å²) in [7, 11) is 1.61. The molecule has 0 aliphatic heterocycles. The number of halogens is 1. The van der Waals surface area contributed by atoms with Gasteiger partial charge in [-0.1, -0.05) is 22.0 Å². The summed E-state index contributed by atoms with van der Waals surface area (Å²) in [6.07, 6.45) is 0.284. The largest absolute Gasteiger partial charge is 0.497 e. The van der Waals surface area contributed by atoms with E-state index in [1.54, 1.807) is 14.0 Å². The quantitative estimate of drug-likeness (QED) is 0.617. The highest BCUT2D eigenvalue weighted by Crippen LogP contribution is 2.20. The van der Waals surface area contributed by atoms with E-state index in [4.69, 9.17) is 9.47 Å². The number of carbonyl (C=O) groups is 1. The molecule has 0 atom stereocenters. The van der Waals surface area contributed by atoms with Gasteiger partial charge in [0.15, 0.2) is 0 Å². The topological polar surface area (TPSA) is 35.5 Å². The molecule has 0 bridgehead atoms. The molecule has 0 aliphatic carbocycles. The summed E-state index contributed by atoms with van der Waals surface area (Å²) in [6, 6.07) is 5.70. The molecule has 88 valence electrons. The van der Waals surface area contributed by atoms with E-state index in [-0.39, 0.29) is 12.4 Å². The molecule has 0 radical (unpaired) electrons. The smallest absolute Gasteiger partial charge is 0.310 e. The van der Waals surface area contributed by atoms with Gasteiger partial charge in [0.25, 0.3) is 0 Å². The molecule has 0 saturated carbocycles. The summed E-state index contributed by atoms with van der Waals surface area (Å²) >= 11 is 3.39. The van der Waals surface area contributed by atoms with Crippen LogP contribution in [0.3, 0.4) is 0 Å². The van der Waals surface area contributed by atoms with Crippen LogP contribution in [0.1, 0.15) is 18.1 Å². The van der Waals surface area contributed by atoms with E-state index in [0.29, 0.717) is 11.9 Å². The fraction of sp³-hybridized carbons (Fsp3) is 0.417. The molecule has 0 saturated heterocycles. The summed E-state index contributed by atoms with van der Waals surface area (Å²) in [5.74, 6) is 0.543. The molecule has 0 N–H and O–H groups in total. The maximum Gasteiger partial charge on any atom is 0.310 e. The molecule has 0 fully saturated rings. The zero-order chi connectivity index (χ0) is 12.0. The standard InChI is InChI=1S/C12H15BrO3/c1-3-16-12(14)7-10-6-11(15-2)5-4-9(10)8-13/h4-6H,3,7-8H2,1-2H3. The number of benzene rings is 1. The van der Waals surface area contributed by atoms with Gasteiger partial charge < -0.3 is 9.47 Å². The molecule has 0 spiro atoms. The van der Waals surface area contributed by atoms with Crippen molar-refractivity contribution in [1.29, 1.82) is 0 Å². The predicted octanol–water partition coefficient (Wildman–Crippen LogP) is 2.70. The van der Waals surface area contributed by atoms with Gasteiger partial charge >= 0.3 is 5.97 Å². The van der Waals surface area contributed by atoms with Crippen LogP contribution in [0.15, 0.2) is 18.2 Å². The van der Waals surface area contributed by atoms with Gasteiger partial charge in [-0.05, 0) is 30.2 Å². The monoisotopic (exact) mass is 286 g/mol. The molecule has 0 aromatic heterocycles. The van der Waals surface area contributed by atoms with Crippen LogP contribution in [-0.4, -0.2) is 19.7 Å². The first-order valence-corrected chi connectivity index (χ1v) is 6.20. The Morgan fingerprint density at radius 2 is 2.12 bits per heavy atom. The molecule has 1 aromatic rings. The van der Waals surface area contributed by atoms with Crippen LogP contribution in [0.4, 0.5) is 0 Å². The normalized spacial score (nSPS) is 9.94. The second-order valence-electron chi connectivity index (χ2n) is 3.25. The number of hydrogen-bond acceptors (Lipinski definition) is 3. The zero-order valence-electron chi connectivity index (χ0n) is 9.46. The Kier molecular flexibility index (Phi) is 5.32. The molecule has 0 amide bonds. The van der Waals surface area contributed by atoms with Crippen LogP contribution < -0.4 is 4.74 Å². The van der Waals surface area contributed by atoms with Gasteiger partial charge in [-0.25, -0.2) is 0 Å². The van der Waals surface area contributed by atoms with Crippen molar-refractivity contribution in [1.82, 2.24) is 0 Å². The maximum atomic E-state index is 11.4. The van der Waals surface area contributed by atoms with E-state index in [0.717, 1.165) is 16.9 Å². The number of alkyl halides is 1. The Morgan fingerprint density at radius 3 is 2.69 bits per heavy atom. The second kappa shape index (κ2) is 6.53. The Labute approximate surface area is 104 Å². The highest BCUT2D eigenvalue weighted by molar-refractivity contribution is 9.08. The van der Waals surface area contributed by atoms with Crippen molar-refractivity contribution in [2.45, 2.75) is 18.7 Å². The molecule has 0 heterocycles. The minimum absolute atomic E-state index is 0.210. The Bertz CT molecular complexity index is 363. The average molecular weight is 287 g/mol. The van der Waals surface area contributed by atoms with Crippen molar-refractivity contribution in [2.75, 3.05) is 13.7 Å². The predicted molar refractivity (Wildman–Crippen MR) is 66.0 cm³/mol. The van der Waals surface area contributed by atoms with Crippen molar-refractivity contribution < 1.29 is 14.3 Å². The number of carbonyl (C=O) groups excluding carboxylic acids is 1. The molecular formula is C12H15BrO3. The fourth-order valence-corrected chi connectivity index (χ4v) is 1.94. The van der Waals surface area contributed by atoms with Crippen LogP contribution in [0.25, 0.3) is 0 Å². The van der Waals surface area contributed by atoms with E-state index in [2.05, 4.69) is 15.9 Å². The molecule has 0 aliphatic rings. The van der Waals surface area contributed by atoms with Gasteiger partial charge in [0.1, 0.15) is 5.75 Å². The third kappa shape index (κ3) is 3.52. The third-order valence-corrected chi connectivity index (χ3v) is 2.80. The number of esters is 1. The van der Waals surface area contributed by atoms with E-state index >= 15 is 0 Å². The third-order valence-electron chi connectivity index (χ3n) is 2.20. The molecule has 0 unspecified atom stereocenters. The summed E-state index contributed by atoms with van der Waals surface area (Å²) < 4.78 is 10.1. The first-order chi connectivity index (χ1) is 7.71. The Balaban J connectivity index is 2.86. The first kappa shape index (κ1) is 13.0. The second-order valence-corrected chi connectivity index (χ2v) is 3.81. The van der Waals surface area contributed by atoms with Crippen LogP contribution >= 0.6 is 15.9 Å². The summed E-state index contributed by atoms with van der Waals surface area (Å²) in [5.41, 5.74) is 2.02. The zero-order valence-corrected chi connectivity index (χ0v) is 11.0. The van der Waals surface area contributed by atoms with Crippen molar-refractivity contribution in [3.63, 3.8) is 0 Å². The van der Waals surface area contributed by atoms with Gasteiger partial charge in [-0.15, -0.1) is 0 Å². The number of hydrogen-bond donors (Lipinski definition) is 0. The van der Waals surface area contributed by atoms with Gasteiger partial charge in [0.05, 0.1) is 20.1 Å². The lowest BCUT2D eigenvalue weighted by Crippen LogP contribution is -2.09. The van der Waals surface area contributed by atoms with Crippen LogP contribution in [0.5, 0.6) is 5.75 Å². The minimum atomic E-state index is -0.210. The van der Waals surface area contributed by atoms with Gasteiger partial charge in [0.2, 0.25) is 0 Å². The average Bonchev–Trinajstić information content (AvgIpc) is 2.29. The highest BCUT2D eigenvalue weighted by Gasteiger charge is 2.09. The molecule has 3 nitrogen and oxygen atoms in total.